The second-order valence-electron chi connectivity index (χ2n) is 7.32. The zero-order chi connectivity index (χ0) is 23.2. The summed E-state index contributed by atoms with van der Waals surface area (Å²) in [4.78, 5) is 19.8. The SMILES string of the molecule is Cc1cc(-c2[nH]ncc2C(=N)N(C)C=N)cc(N2Cc3c(cccc3C(F)(F)F)C2=O)n1. The van der Waals surface area contributed by atoms with Crippen LogP contribution in [-0.4, -0.2) is 45.2 Å². The molecule has 1 aliphatic rings. The molecule has 0 unspecified atom stereocenters. The van der Waals surface area contributed by atoms with Crippen molar-refractivity contribution in [3.63, 3.8) is 0 Å². The largest absolute Gasteiger partial charge is 0.416 e. The molecule has 164 valence electrons. The number of hydrogen-bond donors (Lipinski definition) is 3. The minimum absolute atomic E-state index is 0.00120. The maximum atomic E-state index is 13.4. The topological polar surface area (TPSA) is 113 Å². The van der Waals surface area contributed by atoms with E-state index < -0.39 is 17.6 Å². The van der Waals surface area contributed by atoms with Crippen molar-refractivity contribution in [1.82, 2.24) is 20.1 Å². The van der Waals surface area contributed by atoms with E-state index in [4.69, 9.17) is 10.8 Å². The summed E-state index contributed by atoms with van der Waals surface area (Å²) in [5, 5.41) is 22.4. The van der Waals surface area contributed by atoms with Crippen molar-refractivity contribution in [2.24, 2.45) is 0 Å². The lowest BCUT2D eigenvalue weighted by molar-refractivity contribution is -0.138. The van der Waals surface area contributed by atoms with Gasteiger partial charge in [-0.05, 0) is 36.8 Å². The molecule has 11 heteroatoms. The third-order valence-electron chi connectivity index (χ3n) is 5.22. The lowest BCUT2D eigenvalue weighted by atomic mass is 10.0. The molecule has 3 aromatic rings. The van der Waals surface area contributed by atoms with Crippen LogP contribution >= 0.6 is 0 Å². The van der Waals surface area contributed by atoms with Gasteiger partial charge in [0.15, 0.2) is 0 Å². The van der Waals surface area contributed by atoms with Gasteiger partial charge in [0.2, 0.25) is 0 Å². The van der Waals surface area contributed by atoms with E-state index in [-0.39, 0.29) is 29.3 Å². The Balaban J connectivity index is 1.76. The van der Waals surface area contributed by atoms with E-state index in [2.05, 4.69) is 15.2 Å². The minimum atomic E-state index is -4.57. The van der Waals surface area contributed by atoms with E-state index in [9.17, 15) is 18.0 Å². The Kier molecular flexibility index (Phi) is 5.03. The summed E-state index contributed by atoms with van der Waals surface area (Å²) in [5.41, 5.74) is 1.07. The standard InChI is InChI=1S/C21H18F3N7O/c1-11-6-12(18-14(8-27-29-18)19(26)30(2)10-25)7-17(28-11)31-9-15-13(20(31)32)4-3-5-16(15)21(22,23)24/h3-8,10,25-26H,9H2,1-2H3,(H,27,29). The van der Waals surface area contributed by atoms with Crippen LogP contribution in [0.3, 0.4) is 0 Å². The number of amides is 1. The van der Waals surface area contributed by atoms with Crippen molar-refractivity contribution in [1.29, 1.82) is 10.8 Å². The number of halogens is 3. The van der Waals surface area contributed by atoms with Crippen molar-refractivity contribution < 1.29 is 18.0 Å². The Bertz CT molecular complexity index is 1250. The molecule has 3 N–H and O–H groups in total. The van der Waals surface area contributed by atoms with Crippen molar-refractivity contribution >= 4 is 23.9 Å². The first-order valence-corrected chi connectivity index (χ1v) is 9.47. The Morgan fingerprint density at radius 1 is 1.31 bits per heavy atom. The van der Waals surface area contributed by atoms with Crippen LogP contribution in [0, 0.1) is 17.7 Å². The molecular weight excluding hydrogens is 423 g/mol. The molecule has 0 spiro atoms. The monoisotopic (exact) mass is 441 g/mol. The number of benzene rings is 1. The average molecular weight is 441 g/mol. The smallest absolute Gasteiger partial charge is 0.321 e. The number of hydrogen-bond acceptors (Lipinski definition) is 5. The molecule has 1 aliphatic heterocycles. The highest BCUT2D eigenvalue weighted by Gasteiger charge is 2.40. The molecule has 4 rings (SSSR count). The summed E-state index contributed by atoms with van der Waals surface area (Å²) in [6.07, 6.45) is -2.14. The second-order valence-corrected chi connectivity index (χ2v) is 7.32. The highest BCUT2D eigenvalue weighted by Crippen LogP contribution is 2.38. The van der Waals surface area contributed by atoms with Crippen LogP contribution in [0.15, 0.2) is 36.5 Å². The second kappa shape index (κ2) is 7.59. The number of H-pyrrole nitrogens is 1. The predicted molar refractivity (Wildman–Crippen MR) is 112 cm³/mol. The molecule has 1 aromatic carbocycles. The lowest BCUT2D eigenvalue weighted by Gasteiger charge is -2.18. The Morgan fingerprint density at radius 2 is 2.06 bits per heavy atom. The molecule has 1 amide bonds. The van der Waals surface area contributed by atoms with E-state index in [0.717, 1.165) is 12.4 Å². The number of aryl methyl sites for hydroxylation is 1. The van der Waals surface area contributed by atoms with Crippen LogP contribution in [0.25, 0.3) is 11.3 Å². The Morgan fingerprint density at radius 3 is 2.75 bits per heavy atom. The van der Waals surface area contributed by atoms with Gasteiger partial charge in [0.1, 0.15) is 11.7 Å². The van der Waals surface area contributed by atoms with Crippen LogP contribution in [0.5, 0.6) is 0 Å². The van der Waals surface area contributed by atoms with Crippen molar-refractivity contribution in [2.75, 3.05) is 11.9 Å². The van der Waals surface area contributed by atoms with E-state index >= 15 is 0 Å². The van der Waals surface area contributed by atoms with Crippen LogP contribution < -0.4 is 4.90 Å². The predicted octanol–water partition coefficient (Wildman–Crippen LogP) is 3.82. The lowest BCUT2D eigenvalue weighted by Crippen LogP contribution is -2.25. The molecule has 2 aromatic heterocycles. The fraction of sp³-hybridized carbons (Fsp3) is 0.190. The van der Waals surface area contributed by atoms with Crippen LogP contribution in [0.1, 0.15) is 32.7 Å². The number of pyridine rings is 1. The van der Waals surface area contributed by atoms with E-state index in [0.29, 0.717) is 22.5 Å². The first-order chi connectivity index (χ1) is 15.1. The van der Waals surface area contributed by atoms with E-state index in [1.807, 2.05) is 0 Å². The van der Waals surface area contributed by atoms with Gasteiger partial charge in [0.25, 0.3) is 5.91 Å². The Labute approximate surface area is 180 Å². The number of carbonyl (C=O) groups is 1. The molecular formula is C21H18F3N7O. The molecule has 32 heavy (non-hydrogen) atoms. The summed E-state index contributed by atoms with van der Waals surface area (Å²) in [5.74, 6) is -0.336. The molecule has 0 bridgehead atoms. The zero-order valence-electron chi connectivity index (χ0n) is 17.1. The number of rotatable bonds is 4. The number of amidine groups is 1. The van der Waals surface area contributed by atoms with Gasteiger partial charge >= 0.3 is 6.18 Å². The first-order valence-electron chi connectivity index (χ1n) is 9.47. The maximum absolute atomic E-state index is 13.4. The quantitative estimate of drug-likeness (QED) is 0.422. The first kappa shape index (κ1) is 21.2. The fourth-order valence-electron chi connectivity index (χ4n) is 3.66. The number of aromatic nitrogens is 3. The van der Waals surface area contributed by atoms with Gasteiger partial charge in [-0.25, -0.2) is 4.98 Å². The maximum Gasteiger partial charge on any atom is 0.416 e. The number of aromatic amines is 1. The summed E-state index contributed by atoms with van der Waals surface area (Å²) in [6.45, 7) is 1.45. The third-order valence-corrected chi connectivity index (χ3v) is 5.22. The summed E-state index contributed by atoms with van der Waals surface area (Å²) >= 11 is 0. The highest BCUT2D eigenvalue weighted by molar-refractivity contribution is 6.10. The van der Waals surface area contributed by atoms with Crippen LogP contribution in [0.2, 0.25) is 0 Å². The highest BCUT2D eigenvalue weighted by atomic mass is 19.4. The van der Waals surface area contributed by atoms with Gasteiger partial charge in [0.05, 0.1) is 35.9 Å². The minimum Gasteiger partial charge on any atom is -0.321 e. The number of anilines is 1. The molecule has 8 nitrogen and oxygen atoms in total. The number of fused-ring (bicyclic) bond motifs is 1. The molecule has 0 saturated heterocycles. The number of nitrogens with zero attached hydrogens (tertiary/aromatic N) is 4. The average Bonchev–Trinajstić information content (AvgIpc) is 3.36. The Hall–Kier alpha value is -4.02. The van der Waals surface area contributed by atoms with Crippen molar-refractivity contribution in [2.45, 2.75) is 19.6 Å². The number of carbonyl (C=O) groups excluding carboxylic acids is 1. The van der Waals surface area contributed by atoms with Gasteiger partial charge in [-0.3, -0.25) is 25.6 Å². The third kappa shape index (κ3) is 3.51. The number of nitrogens with one attached hydrogen (secondary N) is 3. The van der Waals surface area contributed by atoms with Gasteiger partial charge < -0.3 is 4.90 Å². The van der Waals surface area contributed by atoms with Crippen LogP contribution in [0.4, 0.5) is 19.0 Å². The van der Waals surface area contributed by atoms with Crippen LogP contribution in [-0.2, 0) is 12.7 Å². The van der Waals surface area contributed by atoms with Gasteiger partial charge in [-0.15, -0.1) is 0 Å². The van der Waals surface area contributed by atoms with Gasteiger partial charge in [-0.1, -0.05) is 6.07 Å². The molecule has 0 saturated carbocycles. The number of alkyl halides is 3. The molecule has 0 radical (unpaired) electrons. The van der Waals surface area contributed by atoms with Gasteiger partial charge in [0, 0.05) is 23.9 Å². The molecule has 0 aliphatic carbocycles. The van der Waals surface area contributed by atoms with Crippen molar-refractivity contribution in [3.05, 3.63) is 64.5 Å². The van der Waals surface area contributed by atoms with Crippen molar-refractivity contribution in [3.8, 4) is 11.3 Å². The zero-order valence-corrected chi connectivity index (χ0v) is 17.1. The van der Waals surface area contributed by atoms with E-state index in [1.54, 1.807) is 26.1 Å². The molecule has 0 atom stereocenters. The summed E-state index contributed by atoms with van der Waals surface area (Å²) in [6, 6.07) is 6.85. The van der Waals surface area contributed by atoms with Gasteiger partial charge in [-0.2, -0.15) is 18.3 Å². The van der Waals surface area contributed by atoms with E-state index in [1.165, 1.54) is 28.1 Å². The summed E-state index contributed by atoms with van der Waals surface area (Å²) in [7, 11) is 1.55. The molecule has 3 heterocycles. The molecule has 0 fully saturated rings. The fourth-order valence-corrected chi connectivity index (χ4v) is 3.66. The normalized spacial score (nSPS) is 13.3. The summed E-state index contributed by atoms with van der Waals surface area (Å²) < 4.78 is 40.3.